The third-order valence-electron chi connectivity index (χ3n) is 5.01. The maximum atomic E-state index is 13.3. The summed E-state index contributed by atoms with van der Waals surface area (Å²) in [5.41, 5.74) is 2.86. The van der Waals surface area contributed by atoms with Gasteiger partial charge < -0.3 is 10.1 Å². The fourth-order valence-electron chi connectivity index (χ4n) is 3.41. The summed E-state index contributed by atoms with van der Waals surface area (Å²) in [5, 5.41) is 3.05. The van der Waals surface area contributed by atoms with Crippen LogP contribution in [-0.2, 0) is 10.2 Å². The van der Waals surface area contributed by atoms with Crippen molar-refractivity contribution in [3.05, 3.63) is 59.4 Å². The summed E-state index contributed by atoms with van der Waals surface area (Å²) in [6, 6.07) is 11.9. The Morgan fingerprint density at radius 1 is 1.12 bits per heavy atom. The van der Waals surface area contributed by atoms with Gasteiger partial charge in [0.2, 0.25) is 0 Å². The van der Waals surface area contributed by atoms with Gasteiger partial charge in [0.1, 0.15) is 16.9 Å². The van der Waals surface area contributed by atoms with E-state index in [2.05, 4.69) is 14.1 Å². The molecule has 2 aromatic carbocycles. The van der Waals surface area contributed by atoms with Gasteiger partial charge in [-0.25, -0.2) is 4.39 Å². The van der Waals surface area contributed by atoms with Crippen molar-refractivity contribution in [2.45, 2.75) is 18.3 Å². The fraction of sp³-hybridized carbons (Fsp3) is 0.316. The van der Waals surface area contributed by atoms with Crippen LogP contribution in [0.2, 0.25) is 0 Å². The summed E-state index contributed by atoms with van der Waals surface area (Å²) in [4.78, 5) is 12.6. The minimum Gasteiger partial charge on any atom is -0.381 e. The first-order valence-corrected chi connectivity index (χ1v) is 9.24. The number of fused-ring (bicyclic) bond motifs is 1. The number of ether oxygens (including phenoxy) is 1. The van der Waals surface area contributed by atoms with E-state index in [0.717, 1.165) is 41.2 Å². The Morgan fingerprint density at radius 2 is 1.85 bits per heavy atom. The van der Waals surface area contributed by atoms with Crippen LogP contribution in [0, 0.1) is 5.82 Å². The first kappa shape index (κ1) is 17.1. The maximum absolute atomic E-state index is 13.3. The van der Waals surface area contributed by atoms with Crippen LogP contribution in [-0.4, -0.2) is 34.4 Å². The molecule has 1 saturated heterocycles. The molecule has 1 amide bonds. The first-order valence-electron chi connectivity index (χ1n) is 8.51. The largest absolute Gasteiger partial charge is 0.381 e. The molecule has 0 bridgehead atoms. The van der Waals surface area contributed by atoms with E-state index in [0.29, 0.717) is 25.3 Å². The molecule has 1 aliphatic heterocycles. The van der Waals surface area contributed by atoms with E-state index in [9.17, 15) is 9.18 Å². The minimum atomic E-state index is -0.259. The average Bonchev–Trinajstić information content (AvgIpc) is 3.15. The van der Waals surface area contributed by atoms with Gasteiger partial charge in [0.05, 0.1) is 11.7 Å². The number of nitrogens with one attached hydrogen (secondary N) is 1. The Morgan fingerprint density at radius 3 is 2.62 bits per heavy atom. The number of carbonyl (C=O) groups is 1. The van der Waals surface area contributed by atoms with Gasteiger partial charge in [0.25, 0.3) is 5.91 Å². The Labute approximate surface area is 154 Å². The highest BCUT2D eigenvalue weighted by Crippen LogP contribution is 2.34. The van der Waals surface area contributed by atoms with Crippen molar-refractivity contribution in [1.29, 1.82) is 0 Å². The van der Waals surface area contributed by atoms with Gasteiger partial charge in [-0.05, 0) is 48.7 Å². The van der Waals surface area contributed by atoms with Gasteiger partial charge in [-0.2, -0.15) is 8.75 Å². The molecule has 0 aliphatic carbocycles. The zero-order valence-electron chi connectivity index (χ0n) is 14.1. The van der Waals surface area contributed by atoms with Gasteiger partial charge in [-0.15, -0.1) is 0 Å². The summed E-state index contributed by atoms with van der Waals surface area (Å²) in [6.07, 6.45) is 1.57. The number of hydrogen-bond acceptors (Lipinski definition) is 5. The number of halogens is 1. The van der Waals surface area contributed by atoms with Crippen molar-refractivity contribution in [2.24, 2.45) is 0 Å². The summed E-state index contributed by atoms with van der Waals surface area (Å²) in [6.45, 7) is 1.74. The topological polar surface area (TPSA) is 64.1 Å². The van der Waals surface area contributed by atoms with Gasteiger partial charge in [0.15, 0.2) is 0 Å². The summed E-state index contributed by atoms with van der Waals surface area (Å²) >= 11 is 1.13. The molecule has 134 valence electrons. The van der Waals surface area contributed by atoms with Crippen LogP contribution < -0.4 is 5.32 Å². The van der Waals surface area contributed by atoms with Crippen LogP contribution >= 0.6 is 11.7 Å². The number of benzene rings is 2. The molecule has 2 heterocycles. The van der Waals surface area contributed by atoms with Crippen LogP contribution in [0.5, 0.6) is 0 Å². The molecule has 1 aromatic heterocycles. The molecule has 0 saturated carbocycles. The smallest absolute Gasteiger partial charge is 0.251 e. The Hall–Kier alpha value is -2.38. The molecule has 3 aromatic rings. The monoisotopic (exact) mass is 371 g/mol. The van der Waals surface area contributed by atoms with Crippen LogP contribution in [0.15, 0.2) is 42.5 Å². The number of carbonyl (C=O) groups excluding carboxylic acids is 1. The van der Waals surface area contributed by atoms with Crippen LogP contribution in [0.3, 0.4) is 0 Å². The van der Waals surface area contributed by atoms with Crippen LogP contribution in [0.25, 0.3) is 11.0 Å². The van der Waals surface area contributed by atoms with Gasteiger partial charge in [-0.1, -0.05) is 12.1 Å². The zero-order chi connectivity index (χ0) is 18.0. The fourth-order valence-corrected chi connectivity index (χ4v) is 3.93. The minimum absolute atomic E-state index is 0.145. The summed E-state index contributed by atoms with van der Waals surface area (Å²) in [7, 11) is 0. The Bertz CT molecular complexity index is 920. The highest BCUT2D eigenvalue weighted by molar-refractivity contribution is 7.00. The Balaban J connectivity index is 1.54. The predicted molar refractivity (Wildman–Crippen MR) is 97.9 cm³/mol. The molecular formula is C19H18FN3O2S. The maximum Gasteiger partial charge on any atom is 0.251 e. The highest BCUT2D eigenvalue weighted by Gasteiger charge is 2.35. The van der Waals surface area contributed by atoms with Crippen molar-refractivity contribution in [1.82, 2.24) is 14.1 Å². The van der Waals surface area contributed by atoms with E-state index >= 15 is 0 Å². The molecule has 0 radical (unpaired) electrons. The Kier molecular flexibility index (Phi) is 4.65. The van der Waals surface area contributed by atoms with Crippen molar-refractivity contribution < 1.29 is 13.9 Å². The van der Waals surface area contributed by atoms with Crippen molar-refractivity contribution in [2.75, 3.05) is 19.8 Å². The molecular weight excluding hydrogens is 353 g/mol. The molecule has 0 atom stereocenters. The number of hydrogen-bond donors (Lipinski definition) is 1. The molecule has 1 N–H and O–H groups in total. The molecule has 4 rings (SSSR count). The number of amides is 1. The van der Waals surface area contributed by atoms with Gasteiger partial charge in [-0.3, -0.25) is 4.79 Å². The summed E-state index contributed by atoms with van der Waals surface area (Å²) < 4.78 is 27.1. The quantitative estimate of drug-likeness (QED) is 0.764. The SMILES string of the molecule is O=C(NCC1(c2ccc(F)cc2)CCOCC1)c1ccc2nsnc2c1. The number of rotatable bonds is 4. The molecule has 0 unspecified atom stereocenters. The van der Waals surface area contributed by atoms with Crippen molar-refractivity contribution >= 4 is 28.7 Å². The molecule has 26 heavy (non-hydrogen) atoms. The van der Waals surface area contributed by atoms with Crippen molar-refractivity contribution in [3.63, 3.8) is 0 Å². The van der Waals surface area contributed by atoms with E-state index in [1.807, 2.05) is 0 Å². The molecule has 7 heteroatoms. The van der Waals surface area contributed by atoms with Crippen LogP contribution in [0.1, 0.15) is 28.8 Å². The van der Waals surface area contributed by atoms with E-state index in [-0.39, 0.29) is 17.1 Å². The van der Waals surface area contributed by atoms with Crippen LogP contribution in [0.4, 0.5) is 4.39 Å². The van der Waals surface area contributed by atoms with E-state index < -0.39 is 0 Å². The standard InChI is InChI=1S/C19H18FN3O2S/c20-15-4-2-14(3-5-15)19(7-9-25-10-8-19)12-21-18(24)13-1-6-16-17(11-13)23-26-22-16/h1-6,11H,7-10,12H2,(H,21,24). The second kappa shape index (κ2) is 7.09. The third kappa shape index (κ3) is 3.32. The lowest BCUT2D eigenvalue weighted by Gasteiger charge is -2.38. The molecule has 1 fully saturated rings. The van der Waals surface area contributed by atoms with Gasteiger partial charge >= 0.3 is 0 Å². The summed E-state index contributed by atoms with van der Waals surface area (Å²) in [5.74, 6) is -0.405. The molecule has 5 nitrogen and oxygen atoms in total. The average molecular weight is 371 g/mol. The van der Waals surface area contributed by atoms with Gasteiger partial charge in [0, 0.05) is 30.7 Å². The second-order valence-corrected chi connectivity index (χ2v) is 7.08. The predicted octanol–water partition coefficient (Wildman–Crippen LogP) is 3.31. The lowest BCUT2D eigenvalue weighted by Crippen LogP contribution is -2.44. The lowest BCUT2D eigenvalue weighted by atomic mass is 9.74. The van der Waals surface area contributed by atoms with Crippen molar-refractivity contribution in [3.8, 4) is 0 Å². The first-order chi connectivity index (χ1) is 12.7. The highest BCUT2D eigenvalue weighted by atomic mass is 32.1. The zero-order valence-corrected chi connectivity index (χ0v) is 14.9. The molecule has 1 aliphatic rings. The normalized spacial score (nSPS) is 16.5. The molecule has 0 spiro atoms. The number of aromatic nitrogens is 2. The second-order valence-electron chi connectivity index (χ2n) is 6.55. The van der Waals surface area contributed by atoms with E-state index in [1.165, 1.54) is 12.1 Å². The lowest BCUT2D eigenvalue weighted by molar-refractivity contribution is 0.0487. The third-order valence-corrected chi connectivity index (χ3v) is 5.57. The van der Waals surface area contributed by atoms with E-state index in [4.69, 9.17) is 4.74 Å². The van der Waals surface area contributed by atoms with E-state index in [1.54, 1.807) is 30.3 Å². The number of nitrogens with zero attached hydrogens (tertiary/aromatic N) is 2.